The molecule has 0 radical (unpaired) electrons. The van der Waals surface area contributed by atoms with Gasteiger partial charge in [-0.15, -0.1) is 0 Å². The molecule has 82 valence electrons. The predicted octanol–water partition coefficient (Wildman–Crippen LogP) is 0.895. The molecule has 0 aromatic carbocycles. The molecule has 2 aliphatic rings. The average Bonchev–Trinajstić information content (AvgIpc) is 2.54. The summed E-state index contributed by atoms with van der Waals surface area (Å²) in [6.45, 7) is 7.59. The Morgan fingerprint density at radius 3 is 2.79 bits per heavy atom. The van der Waals surface area contributed by atoms with Crippen LogP contribution in [0.15, 0.2) is 0 Å². The van der Waals surface area contributed by atoms with Crippen molar-refractivity contribution in [3.8, 4) is 0 Å². The fraction of sp³-hybridized carbons (Fsp3) is 1.00. The van der Waals surface area contributed by atoms with Gasteiger partial charge in [-0.3, -0.25) is 0 Å². The summed E-state index contributed by atoms with van der Waals surface area (Å²) in [5.41, 5.74) is 0.0714. The van der Waals surface area contributed by atoms with Gasteiger partial charge in [-0.2, -0.15) is 0 Å². The molecule has 0 aliphatic carbocycles. The molecule has 2 unspecified atom stereocenters. The van der Waals surface area contributed by atoms with Crippen LogP contribution in [0.4, 0.5) is 0 Å². The van der Waals surface area contributed by atoms with E-state index >= 15 is 0 Å². The highest BCUT2D eigenvalue weighted by Gasteiger charge is 2.30. The van der Waals surface area contributed by atoms with Crippen LogP contribution in [0.5, 0.6) is 0 Å². The minimum Gasteiger partial charge on any atom is -0.375 e. The Kier molecular flexibility index (Phi) is 3.10. The molecule has 0 saturated carbocycles. The molecule has 2 rings (SSSR count). The van der Waals surface area contributed by atoms with Crippen LogP contribution < -0.4 is 10.6 Å². The van der Waals surface area contributed by atoms with Crippen molar-refractivity contribution in [2.75, 3.05) is 19.7 Å². The number of rotatable bonds is 2. The van der Waals surface area contributed by atoms with Crippen molar-refractivity contribution >= 4 is 0 Å². The first-order valence-electron chi connectivity index (χ1n) is 5.76. The summed E-state index contributed by atoms with van der Waals surface area (Å²) in [7, 11) is 0. The van der Waals surface area contributed by atoms with Gasteiger partial charge in [0.05, 0.1) is 5.60 Å². The van der Waals surface area contributed by atoms with E-state index in [-0.39, 0.29) is 5.60 Å². The quantitative estimate of drug-likeness (QED) is 0.691. The van der Waals surface area contributed by atoms with Gasteiger partial charge in [-0.1, -0.05) is 0 Å². The summed E-state index contributed by atoms with van der Waals surface area (Å²) in [5.74, 6) is 0. The maximum Gasteiger partial charge on any atom is 0.0641 e. The van der Waals surface area contributed by atoms with Gasteiger partial charge in [-0.05, 0) is 39.7 Å². The zero-order valence-electron chi connectivity index (χ0n) is 9.31. The van der Waals surface area contributed by atoms with Gasteiger partial charge in [-0.25, -0.2) is 0 Å². The maximum atomic E-state index is 5.70. The monoisotopic (exact) mass is 198 g/mol. The van der Waals surface area contributed by atoms with E-state index in [0.717, 1.165) is 19.6 Å². The van der Waals surface area contributed by atoms with Crippen molar-refractivity contribution in [1.29, 1.82) is 0 Å². The summed E-state index contributed by atoms with van der Waals surface area (Å²) in [6, 6.07) is 1.34. The molecule has 0 aromatic heterocycles. The van der Waals surface area contributed by atoms with Crippen LogP contribution in [0.2, 0.25) is 0 Å². The van der Waals surface area contributed by atoms with Gasteiger partial charge in [0.15, 0.2) is 0 Å². The number of hydrogen-bond acceptors (Lipinski definition) is 3. The molecule has 3 heteroatoms. The molecule has 2 N–H and O–H groups in total. The van der Waals surface area contributed by atoms with Crippen LogP contribution in [-0.4, -0.2) is 37.4 Å². The zero-order valence-corrected chi connectivity index (χ0v) is 9.31. The van der Waals surface area contributed by atoms with Crippen molar-refractivity contribution < 1.29 is 4.74 Å². The Hall–Kier alpha value is -0.120. The molecule has 2 atom stereocenters. The molecule has 2 aliphatic heterocycles. The van der Waals surface area contributed by atoms with E-state index in [1.165, 1.54) is 19.4 Å². The Morgan fingerprint density at radius 1 is 1.29 bits per heavy atom. The lowest BCUT2D eigenvalue weighted by molar-refractivity contribution is -0.0639. The van der Waals surface area contributed by atoms with E-state index in [1.54, 1.807) is 0 Å². The Labute approximate surface area is 86.6 Å². The fourth-order valence-electron chi connectivity index (χ4n) is 2.50. The lowest BCUT2D eigenvalue weighted by atomic mass is 9.93. The van der Waals surface area contributed by atoms with Gasteiger partial charge >= 0.3 is 0 Å². The Morgan fingerprint density at radius 2 is 2.14 bits per heavy atom. The smallest absolute Gasteiger partial charge is 0.0641 e. The van der Waals surface area contributed by atoms with Crippen molar-refractivity contribution in [3.05, 3.63) is 0 Å². The minimum absolute atomic E-state index is 0.0714. The van der Waals surface area contributed by atoms with Crippen LogP contribution in [-0.2, 0) is 4.74 Å². The summed E-state index contributed by atoms with van der Waals surface area (Å²) in [5, 5.41) is 7.12. The SMILES string of the molecule is CC1(C)CC(NC2CCNC2)CCO1. The minimum atomic E-state index is 0.0714. The molecule has 0 bridgehead atoms. The molecular weight excluding hydrogens is 176 g/mol. The molecular formula is C11H22N2O. The second kappa shape index (κ2) is 4.17. The maximum absolute atomic E-state index is 5.70. The predicted molar refractivity (Wildman–Crippen MR) is 57.5 cm³/mol. The normalized spacial score (nSPS) is 37.3. The van der Waals surface area contributed by atoms with Gasteiger partial charge in [0.2, 0.25) is 0 Å². The molecule has 14 heavy (non-hydrogen) atoms. The highest BCUT2D eigenvalue weighted by atomic mass is 16.5. The van der Waals surface area contributed by atoms with Crippen molar-refractivity contribution in [1.82, 2.24) is 10.6 Å². The third-order valence-corrected chi connectivity index (χ3v) is 3.23. The van der Waals surface area contributed by atoms with Crippen LogP contribution in [0.1, 0.15) is 33.1 Å². The largest absolute Gasteiger partial charge is 0.375 e. The lowest BCUT2D eigenvalue weighted by Crippen LogP contribution is -2.47. The number of hydrogen-bond donors (Lipinski definition) is 2. The summed E-state index contributed by atoms with van der Waals surface area (Å²) >= 11 is 0. The average molecular weight is 198 g/mol. The van der Waals surface area contributed by atoms with Crippen LogP contribution in [0.25, 0.3) is 0 Å². The first kappa shape index (κ1) is 10.4. The standard InChI is InChI=1S/C11H22N2O/c1-11(2)7-9(4-6-14-11)13-10-3-5-12-8-10/h9-10,12-13H,3-8H2,1-2H3. The van der Waals surface area contributed by atoms with Gasteiger partial charge in [0, 0.05) is 25.2 Å². The highest BCUT2D eigenvalue weighted by molar-refractivity contribution is 4.87. The number of ether oxygens (including phenoxy) is 1. The van der Waals surface area contributed by atoms with Crippen LogP contribution >= 0.6 is 0 Å². The molecule has 2 saturated heterocycles. The highest BCUT2D eigenvalue weighted by Crippen LogP contribution is 2.24. The van der Waals surface area contributed by atoms with Gasteiger partial charge in [0.1, 0.15) is 0 Å². The van der Waals surface area contributed by atoms with Crippen molar-refractivity contribution in [2.45, 2.75) is 50.8 Å². The molecule has 2 heterocycles. The summed E-state index contributed by atoms with van der Waals surface area (Å²) in [4.78, 5) is 0. The van der Waals surface area contributed by atoms with Gasteiger partial charge in [0.25, 0.3) is 0 Å². The fourth-order valence-corrected chi connectivity index (χ4v) is 2.50. The van der Waals surface area contributed by atoms with Crippen LogP contribution in [0, 0.1) is 0 Å². The zero-order chi connectivity index (χ0) is 10.0. The topological polar surface area (TPSA) is 33.3 Å². The molecule has 2 fully saturated rings. The van der Waals surface area contributed by atoms with E-state index < -0.39 is 0 Å². The summed E-state index contributed by atoms with van der Waals surface area (Å²) in [6.07, 6.45) is 3.58. The van der Waals surface area contributed by atoms with Gasteiger partial charge < -0.3 is 15.4 Å². The third-order valence-electron chi connectivity index (χ3n) is 3.23. The summed E-state index contributed by atoms with van der Waals surface area (Å²) < 4.78 is 5.70. The molecule has 0 spiro atoms. The van der Waals surface area contributed by atoms with Crippen LogP contribution in [0.3, 0.4) is 0 Å². The molecule has 0 aromatic rings. The Bertz CT molecular complexity index is 188. The lowest BCUT2D eigenvalue weighted by Gasteiger charge is -2.37. The van der Waals surface area contributed by atoms with E-state index in [4.69, 9.17) is 4.74 Å². The second-order valence-electron chi connectivity index (χ2n) is 5.15. The molecule has 3 nitrogen and oxygen atoms in total. The van der Waals surface area contributed by atoms with E-state index in [9.17, 15) is 0 Å². The third kappa shape index (κ3) is 2.69. The van der Waals surface area contributed by atoms with E-state index in [1.807, 2.05) is 0 Å². The second-order valence-corrected chi connectivity index (χ2v) is 5.15. The van der Waals surface area contributed by atoms with Crippen molar-refractivity contribution in [3.63, 3.8) is 0 Å². The first-order valence-corrected chi connectivity index (χ1v) is 5.76. The van der Waals surface area contributed by atoms with Crippen molar-refractivity contribution in [2.24, 2.45) is 0 Å². The number of nitrogens with one attached hydrogen (secondary N) is 2. The first-order chi connectivity index (χ1) is 6.66. The molecule has 0 amide bonds. The van der Waals surface area contributed by atoms with E-state index in [2.05, 4.69) is 24.5 Å². The Balaban J connectivity index is 1.79. The van der Waals surface area contributed by atoms with E-state index in [0.29, 0.717) is 12.1 Å².